The lowest BCUT2D eigenvalue weighted by Gasteiger charge is -2.20. The summed E-state index contributed by atoms with van der Waals surface area (Å²) in [4.78, 5) is 24.6. The normalized spacial score (nSPS) is 12.8. The molecule has 144 valence electrons. The number of carbonyl (C=O) groups is 1. The van der Waals surface area contributed by atoms with Crippen molar-refractivity contribution in [3.05, 3.63) is 63.5 Å². The van der Waals surface area contributed by atoms with Crippen molar-refractivity contribution in [1.29, 1.82) is 0 Å². The van der Waals surface area contributed by atoms with Gasteiger partial charge in [-0.15, -0.1) is 0 Å². The van der Waals surface area contributed by atoms with Crippen LogP contribution >= 0.6 is 11.6 Å². The third kappa shape index (κ3) is 3.80. The van der Waals surface area contributed by atoms with Gasteiger partial charge < -0.3 is 14.8 Å². The van der Waals surface area contributed by atoms with Crippen LogP contribution in [0, 0.1) is 0 Å². The summed E-state index contributed by atoms with van der Waals surface area (Å²) in [5, 5.41) is 8.65. The van der Waals surface area contributed by atoms with Gasteiger partial charge in [0.2, 0.25) is 5.91 Å². The van der Waals surface area contributed by atoms with Crippen molar-refractivity contribution < 1.29 is 14.3 Å². The van der Waals surface area contributed by atoms with E-state index >= 15 is 0 Å². The molecule has 1 aliphatic rings. The SMILES string of the molecule is O=C(Cn1ncc2ccccc2c1=O)NCCc1cc(Cl)c2c(c1)OCCO2. The molecule has 0 atom stereocenters. The van der Waals surface area contributed by atoms with Gasteiger partial charge in [-0.3, -0.25) is 9.59 Å². The molecule has 1 amide bonds. The first kappa shape index (κ1) is 18.3. The van der Waals surface area contributed by atoms with E-state index < -0.39 is 0 Å². The highest BCUT2D eigenvalue weighted by atomic mass is 35.5. The first-order chi connectivity index (χ1) is 13.6. The maximum Gasteiger partial charge on any atom is 0.275 e. The molecule has 0 saturated carbocycles. The molecule has 0 fully saturated rings. The highest BCUT2D eigenvalue weighted by Gasteiger charge is 2.16. The first-order valence-electron chi connectivity index (χ1n) is 8.91. The van der Waals surface area contributed by atoms with Crippen molar-refractivity contribution in [3.8, 4) is 11.5 Å². The smallest absolute Gasteiger partial charge is 0.275 e. The van der Waals surface area contributed by atoms with E-state index in [-0.39, 0.29) is 18.0 Å². The van der Waals surface area contributed by atoms with Crippen molar-refractivity contribution in [2.75, 3.05) is 19.8 Å². The number of ether oxygens (including phenoxy) is 2. The molecule has 1 aromatic heterocycles. The van der Waals surface area contributed by atoms with Crippen molar-refractivity contribution in [1.82, 2.24) is 15.1 Å². The second-order valence-electron chi connectivity index (χ2n) is 6.40. The minimum atomic E-state index is -0.285. The number of amides is 1. The molecule has 0 saturated heterocycles. The van der Waals surface area contributed by atoms with E-state index in [4.69, 9.17) is 21.1 Å². The van der Waals surface area contributed by atoms with Gasteiger partial charge in [-0.05, 0) is 30.2 Å². The largest absolute Gasteiger partial charge is 0.486 e. The van der Waals surface area contributed by atoms with Crippen molar-refractivity contribution in [2.24, 2.45) is 0 Å². The van der Waals surface area contributed by atoms with E-state index in [1.54, 1.807) is 24.4 Å². The summed E-state index contributed by atoms with van der Waals surface area (Å²) >= 11 is 6.22. The molecule has 2 aromatic carbocycles. The van der Waals surface area contributed by atoms with E-state index in [9.17, 15) is 9.59 Å². The molecule has 0 unspecified atom stereocenters. The number of hydrogen-bond acceptors (Lipinski definition) is 5. The zero-order chi connectivity index (χ0) is 19.5. The Morgan fingerprint density at radius 2 is 2.04 bits per heavy atom. The Labute approximate surface area is 165 Å². The second-order valence-corrected chi connectivity index (χ2v) is 6.80. The molecule has 0 radical (unpaired) electrons. The lowest BCUT2D eigenvalue weighted by atomic mass is 10.1. The van der Waals surface area contributed by atoms with Gasteiger partial charge in [0.15, 0.2) is 11.5 Å². The van der Waals surface area contributed by atoms with Gasteiger partial charge in [0.25, 0.3) is 5.56 Å². The molecule has 0 aliphatic carbocycles. The number of fused-ring (bicyclic) bond motifs is 2. The predicted molar refractivity (Wildman–Crippen MR) is 105 cm³/mol. The highest BCUT2D eigenvalue weighted by molar-refractivity contribution is 6.32. The maximum atomic E-state index is 12.4. The summed E-state index contributed by atoms with van der Waals surface area (Å²) in [6, 6.07) is 10.8. The van der Waals surface area contributed by atoms with Crippen LogP contribution in [0.4, 0.5) is 0 Å². The lowest BCUT2D eigenvalue weighted by molar-refractivity contribution is -0.121. The molecular weight excluding hydrogens is 382 g/mol. The Bertz CT molecular complexity index is 1100. The maximum absolute atomic E-state index is 12.4. The summed E-state index contributed by atoms with van der Waals surface area (Å²) in [6.07, 6.45) is 2.16. The van der Waals surface area contributed by atoms with Crippen molar-refractivity contribution in [2.45, 2.75) is 13.0 Å². The van der Waals surface area contributed by atoms with Gasteiger partial charge >= 0.3 is 0 Å². The number of halogens is 1. The molecular formula is C20H18ClN3O4. The Morgan fingerprint density at radius 1 is 1.21 bits per heavy atom. The molecule has 0 bridgehead atoms. The number of carbonyl (C=O) groups excluding carboxylic acids is 1. The van der Waals surface area contributed by atoms with Crippen molar-refractivity contribution in [3.63, 3.8) is 0 Å². The average Bonchev–Trinajstić information content (AvgIpc) is 2.70. The van der Waals surface area contributed by atoms with Crippen LogP contribution in [0.2, 0.25) is 5.02 Å². The first-order valence-corrected chi connectivity index (χ1v) is 9.29. The van der Waals surface area contributed by atoms with Crippen molar-refractivity contribution >= 4 is 28.3 Å². The summed E-state index contributed by atoms with van der Waals surface area (Å²) in [5.74, 6) is 0.892. The van der Waals surface area contributed by atoms with Gasteiger partial charge in [-0.25, -0.2) is 4.68 Å². The fraction of sp³-hybridized carbons (Fsp3) is 0.250. The average molecular weight is 400 g/mol. The third-order valence-electron chi connectivity index (χ3n) is 4.45. The summed E-state index contributed by atoms with van der Waals surface area (Å²) in [5.41, 5.74) is 0.641. The highest BCUT2D eigenvalue weighted by Crippen LogP contribution is 2.38. The number of aromatic nitrogens is 2. The quantitative estimate of drug-likeness (QED) is 0.711. The van der Waals surface area contributed by atoms with Gasteiger partial charge in [-0.1, -0.05) is 29.8 Å². The van der Waals surface area contributed by atoms with Crippen LogP contribution in [-0.2, 0) is 17.8 Å². The summed E-state index contributed by atoms with van der Waals surface area (Å²) < 4.78 is 12.2. The second kappa shape index (κ2) is 7.90. The topological polar surface area (TPSA) is 82.5 Å². The Balaban J connectivity index is 1.37. The van der Waals surface area contributed by atoms with Crippen LogP contribution < -0.4 is 20.3 Å². The Hall–Kier alpha value is -3.06. The van der Waals surface area contributed by atoms with Crippen LogP contribution in [0.25, 0.3) is 10.8 Å². The minimum Gasteiger partial charge on any atom is -0.486 e. The number of nitrogens with one attached hydrogen (secondary N) is 1. The third-order valence-corrected chi connectivity index (χ3v) is 4.73. The molecule has 4 rings (SSSR count). The van der Waals surface area contributed by atoms with Gasteiger partial charge in [0.1, 0.15) is 19.8 Å². The predicted octanol–water partition coefficient (Wildman–Crippen LogP) is 2.18. The van der Waals surface area contributed by atoms with Crippen LogP contribution in [-0.4, -0.2) is 35.4 Å². The lowest BCUT2D eigenvalue weighted by Crippen LogP contribution is -2.34. The van der Waals surface area contributed by atoms with E-state index in [0.717, 1.165) is 10.9 Å². The minimum absolute atomic E-state index is 0.133. The van der Waals surface area contributed by atoms with Crippen LogP contribution in [0.5, 0.6) is 11.5 Å². The summed E-state index contributed by atoms with van der Waals surface area (Å²) in [6.45, 7) is 1.23. The number of hydrogen-bond donors (Lipinski definition) is 1. The Morgan fingerprint density at radius 3 is 2.93 bits per heavy atom. The number of benzene rings is 2. The fourth-order valence-corrected chi connectivity index (χ4v) is 3.37. The molecule has 7 nitrogen and oxygen atoms in total. The Kier molecular flexibility index (Phi) is 5.16. The number of nitrogens with zero attached hydrogens (tertiary/aromatic N) is 2. The van der Waals surface area contributed by atoms with Crippen LogP contribution in [0.15, 0.2) is 47.4 Å². The standard InChI is InChI=1S/C20H18ClN3O4/c21-16-9-13(10-17-19(16)28-8-7-27-17)5-6-22-18(25)12-24-20(26)15-4-2-1-3-14(15)11-23-24/h1-4,9-11H,5-8,12H2,(H,22,25). The van der Waals surface area contributed by atoms with E-state index in [2.05, 4.69) is 10.4 Å². The van der Waals surface area contributed by atoms with Gasteiger partial charge in [0.05, 0.1) is 16.6 Å². The van der Waals surface area contributed by atoms with E-state index in [0.29, 0.717) is 48.1 Å². The fourth-order valence-electron chi connectivity index (χ4n) is 3.09. The number of rotatable bonds is 5. The van der Waals surface area contributed by atoms with Crippen LogP contribution in [0.3, 0.4) is 0 Å². The molecule has 3 aromatic rings. The van der Waals surface area contributed by atoms with E-state index in [1.807, 2.05) is 18.2 Å². The molecule has 1 N–H and O–H groups in total. The van der Waals surface area contributed by atoms with Gasteiger partial charge in [-0.2, -0.15) is 5.10 Å². The zero-order valence-corrected chi connectivity index (χ0v) is 15.7. The van der Waals surface area contributed by atoms with E-state index in [1.165, 1.54) is 4.68 Å². The molecule has 0 spiro atoms. The monoisotopic (exact) mass is 399 g/mol. The summed E-state index contributed by atoms with van der Waals surface area (Å²) in [7, 11) is 0. The zero-order valence-electron chi connectivity index (χ0n) is 15.0. The molecule has 2 heterocycles. The van der Waals surface area contributed by atoms with Gasteiger partial charge in [0, 0.05) is 11.9 Å². The molecule has 1 aliphatic heterocycles. The van der Waals surface area contributed by atoms with Crippen LogP contribution in [0.1, 0.15) is 5.56 Å². The molecule has 8 heteroatoms. The molecule has 28 heavy (non-hydrogen) atoms.